The van der Waals surface area contributed by atoms with Crippen molar-refractivity contribution in [2.45, 2.75) is 179 Å². The first-order chi connectivity index (χ1) is 23.9. The van der Waals surface area contributed by atoms with E-state index in [1.165, 1.54) is 50.8 Å². The van der Waals surface area contributed by atoms with Crippen molar-refractivity contribution >= 4 is 11.9 Å². The smallest absolute Gasteiger partial charge is 0.309 e. The maximum absolute atomic E-state index is 13.3. The number of allylic oxidation sites excluding steroid dienone is 3. The minimum Gasteiger partial charge on any atom is -0.457 e. The van der Waals surface area contributed by atoms with Crippen molar-refractivity contribution in [3.05, 3.63) is 36.0 Å². The highest BCUT2D eigenvalue weighted by molar-refractivity contribution is 5.76. The van der Waals surface area contributed by atoms with E-state index in [0.717, 1.165) is 90.1 Å². The molecule has 0 N–H and O–H groups in total. The van der Waals surface area contributed by atoms with Gasteiger partial charge in [0.25, 0.3) is 0 Å². The van der Waals surface area contributed by atoms with Gasteiger partial charge in [-0.1, -0.05) is 63.0 Å². The van der Waals surface area contributed by atoms with Crippen molar-refractivity contribution in [3.8, 4) is 0 Å². The number of rotatable bonds is 8. The van der Waals surface area contributed by atoms with Crippen LogP contribution in [0.15, 0.2) is 36.0 Å². The van der Waals surface area contributed by atoms with Crippen LogP contribution in [0, 0.1) is 11.8 Å². The van der Waals surface area contributed by atoms with E-state index in [0.29, 0.717) is 30.4 Å². The molecule has 276 valence electrons. The van der Waals surface area contributed by atoms with E-state index >= 15 is 0 Å². The SMILES string of the molecule is C/C=C1\CC2CC(=O)OC(/C=C/CCCCCC(=O)N3CCC(N4CCCCCC4)CC3)C(C)/C=C/C(C)CC3CCCC(CC(C1)O2)O3. The van der Waals surface area contributed by atoms with Gasteiger partial charge in [0.1, 0.15) is 6.10 Å². The molecule has 7 unspecified atom stereocenters. The van der Waals surface area contributed by atoms with Gasteiger partial charge >= 0.3 is 5.97 Å². The number of hydrogen-bond donors (Lipinski definition) is 0. The summed E-state index contributed by atoms with van der Waals surface area (Å²) in [6.45, 7) is 10.9. The number of unbranched alkanes of at least 4 members (excludes halogenated alkanes) is 3. The van der Waals surface area contributed by atoms with Crippen molar-refractivity contribution < 1.29 is 23.8 Å². The molecule has 0 saturated carbocycles. The Labute approximate surface area is 298 Å². The molecule has 0 aliphatic carbocycles. The van der Waals surface area contributed by atoms with E-state index < -0.39 is 0 Å². The van der Waals surface area contributed by atoms with E-state index in [2.05, 4.69) is 61.0 Å². The summed E-state index contributed by atoms with van der Waals surface area (Å²) in [6.07, 6.45) is 30.8. The van der Waals surface area contributed by atoms with Gasteiger partial charge in [0.15, 0.2) is 0 Å². The van der Waals surface area contributed by atoms with Crippen LogP contribution in [-0.2, 0) is 23.8 Å². The maximum atomic E-state index is 13.3. The summed E-state index contributed by atoms with van der Waals surface area (Å²) in [5.74, 6) is 0.627. The number of amides is 1. The number of carbonyl (C=O) groups is 2. The third-order valence-corrected chi connectivity index (χ3v) is 11.9. The van der Waals surface area contributed by atoms with Crippen molar-refractivity contribution in [2.24, 2.45) is 11.8 Å². The first-order valence-corrected chi connectivity index (χ1v) is 20.4. The molecule has 0 spiro atoms. The number of ether oxygens (including phenoxy) is 3. The standard InChI is InChI=1S/C42H68N2O5/c1-4-34-28-38-30-37-16-14-15-36(47-37)27-32(2)19-20-33(3)40(49-42(46)31-39(29-34)48-38)17-10-6-5-7-11-18-41(45)44-25-21-35(22-26-44)43-23-12-8-9-13-24-43/h4,10,17,19-20,32-33,35-40H,5-9,11-16,18,21-31H2,1-3H3/b17-10+,20-19+,34-4-. The number of carbonyl (C=O) groups excluding carboxylic acids is 2. The lowest BCUT2D eigenvalue weighted by Gasteiger charge is -2.38. The van der Waals surface area contributed by atoms with E-state index in [-0.39, 0.29) is 42.7 Å². The first-order valence-electron chi connectivity index (χ1n) is 20.4. The lowest BCUT2D eigenvalue weighted by Crippen LogP contribution is -2.47. The Morgan fingerprint density at radius 3 is 2.27 bits per heavy atom. The van der Waals surface area contributed by atoms with Gasteiger partial charge in [0.05, 0.1) is 30.8 Å². The molecular formula is C42H68N2O5. The average molecular weight is 681 g/mol. The second-order valence-corrected chi connectivity index (χ2v) is 16.0. The maximum Gasteiger partial charge on any atom is 0.309 e. The number of fused-ring (bicyclic) bond motifs is 4. The number of hydrogen-bond acceptors (Lipinski definition) is 6. The molecule has 7 atom stereocenters. The molecule has 1 amide bonds. The minimum absolute atomic E-state index is 0.0721. The van der Waals surface area contributed by atoms with Crippen LogP contribution < -0.4 is 0 Å². The molecule has 7 heteroatoms. The fourth-order valence-corrected chi connectivity index (χ4v) is 8.87. The molecule has 7 nitrogen and oxygen atoms in total. The van der Waals surface area contributed by atoms with Crippen LogP contribution in [0.3, 0.4) is 0 Å². The molecule has 49 heavy (non-hydrogen) atoms. The number of likely N-dealkylation sites (tertiary alicyclic amines) is 2. The van der Waals surface area contributed by atoms with Crippen LogP contribution in [0.2, 0.25) is 0 Å². The van der Waals surface area contributed by atoms with Crippen LogP contribution in [-0.4, -0.2) is 84.4 Å². The van der Waals surface area contributed by atoms with Gasteiger partial charge < -0.3 is 24.0 Å². The Morgan fingerprint density at radius 2 is 1.51 bits per heavy atom. The van der Waals surface area contributed by atoms with Crippen LogP contribution in [0.5, 0.6) is 0 Å². The Balaban J connectivity index is 1.08. The predicted octanol–water partition coefficient (Wildman–Crippen LogP) is 8.72. The average Bonchev–Trinajstić information content (AvgIpc) is 3.39. The zero-order valence-electron chi connectivity index (χ0n) is 31.2. The van der Waals surface area contributed by atoms with Crippen LogP contribution in [0.25, 0.3) is 0 Å². The lowest BCUT2D eigenvalue weighted by atomic mass is 9.90. The summed E-state index contributed by atoms with van der Waals surface area (Å²) >= 11 is 0. The zero-order valence-corrected chi connectivity index (χ0v) is 31.2. The molecule has 5 aliphatic heterocycles. The summed E-state index contributed by atoms with van der Waals surface area (Å²) < 4.78 is 19.3. The van der Waals surface area contributed by atoms with Gasteiger partial charge in [0.2, 0.25) is 5.91 Å². The van der Waals surface area contributed by atoms with Crippen LogP contribution in [0.4, 0.5) is 0 Å². The monoisotopic (exact) mass is 681 g/mol. The summed E-state index contributed by atoms with van der Waals surface area (Å²) in [7, 11) is 0. The number of esters is 1. The topological polar surface area (TPSA) is 68.3 Å². The fraction of sp³-hybridized carbons (Fsp3) is 0.810. The summed E-state index contributed by atoms with van der Waals surface area (Å²) in [4.78, 5) is 31.1. The molecule has 4 bridgehead atoms. The largest absolute Gasteiger partial charge is 0.457 e. The molecule has 5 heterocycles. The summed E-state index contributed by atoms with van der Waals surface area (Å²) in [5, 5.41) is 0. The molecule has 0 aromatic carbocycles. The third-order valence-electron chi connectivity index (χ3n) is 11.9. The molecule has 0 radical (unpaired) electrons. The quantitative estimate of drug-likeness (QED) is 0.145. The number of piperidine rings is 1. The molecule has 0 aromatic rings. The normalized spacial score (nSPS) is 34.8. The highest BCUT2D eigenvalue weighted by atomic mass is 16.5. The van der Waals surface area contributed by atoms with E-state index in [4.69, 9.17) is 14.2 Å². The Morgan fingerprint density at radius 1 is 0.796 bits per heavy atom. The van der Waals surface area contributed by atoms with Crippen molar-refractivity contribution in [1.82, 2.24) is 9.80 Å². The minimum atomic E-state index is -0.307. The van der Waals surface area contributed by atoms with Crippen LogP contribution >= 0.6 is 0 Å². The first kappa shape index (κ1) is 38.3. The second-order valence-electron chi connectivity index (χ2n) is 16.0. The van der Waals surface area contributed by atoms with Crippen LogP contribution in [0.1, 0.15) is 143 Å². The van der Waals surface area contributed by atoms with Crippen molar-refractivity contribution in [1.29, 1.82) is 0 Å². The number of nitrogens with zero attached hydrogens (tertiary/aromatic N) is 2. The predicted molar refractivity (Wildman–Crippen MR) is 197 cm³/mol. The number of cyclic esters (lactones) is 1. The molecule has 0 aromatic heterocycles. The van der Waals surface area contributed by atoms with Gasteiger partial charge in [-0.25, -0.2) is 0 Å². The van der Waals surface area contributed by atoms with Gasteiger partial charge in [-0.15, -0.1) is 0 Å². The zero-order chi connectivity index (χ0) is 34.4. The van der Waals surface area contributed by atoms with E-state index in [1.54, 1.807) is 0 Å². The van der Waals surface area contributed by atoms with Gasteiger partial charge in [-0.2, -0.15) is 0 Å². The highest BCUT2D eigenvalue weighted by Crippen LogP contribution is 2.33. The van der Waals surface area contributed by atoms with Crippen molar-refractivity contribution in [3.63, 3.8) is 0 Å². The Kier molecular flexibility index (Phi) is 15.8. The van der Waals surface area contributed by atoms with Gasteiger partial charge in [0, 0.05) is 37.9 Å². The fourth-order valence-electron chi connectivity index (χ4n) is 8.87. The highest BCUT2D eigenvalue weighted by Gasteiger charge is 2.33. The molecule has 4 saturated heterocycles. The van der Waals surface area contributed by atoms with E-state index in [9.17, 15) is 9.59 Å². The van der Waals surface area contributed by atoms with Crippen molar-refractivity contribution in [2.75, 3.05) is 26.2 Å². The Hall–Kier alpha value is -1.96. The molecule has 4 fully saturated rings. The molecule has 5 rings (SSSR count). The Bertz CT molecular complexity index is 1100. The summed E-state index contributed by atoms with van der Waals surface area (Å²) in [5.41, 5.74) is 1.37. The summed E-state index contributed by atoms with van der Waals surface area (Å²) in [6, 6.07) is 0.673. The molecule has 5 aliphatic rings. The third kappa shape index (κ3) is 12.6. The van der Waals surface area contributed by atoms with Gasteiger partial charge in [-0.3, -0.25) is 9.59 Å². The van der Waals surface area contributed by atoms with E-state index in [1.807, 2.05) is 0 Å². The second kappa shape index (κ2) is 20.2. The lowest BCUT2D eigenvalue weighted by molar-refractivity contribution is -0.154. The molecular weight excluding hydrogens is 612 g/mol. The van der Waals surface area contributed by atoms with Gasteiger partial charge in [-0.05, 0) is 115 Å².